The maximum atomic E-state index is 12.6. The summed E-state index contributed by atoms with van der Waals surface area (Å²) in [6.45, 7) is 1.10. The molecule has 0 bridgehead atoms. The summed E-state index contributed by atoms with van der Waals surface area (Å²) >= 11 is 0. The monoisotopic (exact) mass is 479 g/mol. The number of nitrogens with zero attached hydrogens (tertiary/aromatic N) is 2. The topological polar surface area (TPSA) is 129 Å². The van der Waals surface area contributed by atoms with Gasteiger partial charge in [0.25, 0.3) is 5.91 Å². The number of aliphatic hydroxyl groups excluding tert-OH is 1. The molecular weight excluding hydrogens is 454 g/mol. The zero-order chi connectivity index (χ0) is 24.8. The van der Waals surface area contributed by atoms with Crippen LogP contribution in [0.2, 0.25) is 0 Å². The van der Waals surface area contributed by atoms with Crippen LogP contribution in [0, 0.1) is 6.92 Å². The van der Waals surface area contributed by atoms with Crippen LogP contribution >= 0.6 is 0 Å². The number of anilines is 1. The van der Waals surface area contributed by atoms with E-state index >= 15 is 0 Å². The molecule has 0 spiro atoms. The molecule has 1 aliphatic heterocycles. The third-order valence-electron chi connectivity index (χ3n) is 5.51. The summed E-state index contributed by atoms with van der Waals surface area (Å²) in [7, 11) is 0. The molecule has 0 unspecified atom stereocenters. The number of esters is 1. The second-order valence-corrected chi connectivity index (χ2v) is 7.95. The second kappa shape index (κ2) is 10.9. The zero-order valence-electron chi connectivity index (χ0n) is 19.0. The van der Waals surface area contributed by atoms with Crippen LogP contribution in [0.1, 0.15) is 28.6 Å². The molecule has 3 atom stereocenters. The van der Waals surface area contributed by atoms with E-state index in [1.54, 1.807) is 36.4 Å². The Bertz CT molecular complexity index is 1250. The number of ether oxygens (including phenoxy) is 3. The average Bonchev–Trinajstić information content (AvgIpc) is 3.26. The quantitative estimate of drug-likeness (QED) is 0.470. The van der Waals surface area contributed by atoms with Crippen LogP contribution in [0.5, 0.6) is 5.75 Å². The third kappa shape index (κ3) is 5.92. The Morgan fingerprint density at radius 3 is 2.60 bits per heavy atom. The summed E-state index contributed by atoms with van der Waals surface area (Å²) in [5.41, 5.74) is 0.612. The van der Waals surface area contributed by atoms with Crippen LogP contribution in [0.25, 0.3) is 0 Å². The highest BCUT2D eigenvalue weighted by atomic mass is 16.6. The Morgan fingerprint density at radius 1 is 1.14 bits per heavy atom. The Kier molecular flexibility index (Phi) is 7.54. The predicted molar refractivity (Wildman–Crippen MR) is 125 cm³/mol. The van der Waals surface area contributed by atoms with Gasteiger partial charge in [-0.25, -0.2) is 9.59 Å². The van der Waals surface area contributed by atoms with E-state index in [0.29, 0.717) is 11.3 Å². The van der Waals surface area contributed by atoms with Crippen molar-refractivity contribution in [1.82, 2.24) is 9.55 Å². The zero-order valence-corrected chi connectivity index (χ0v) is 19.0. The molecule has 0 saturated carbocycles. The van der Waals surface area contributed by atoms with Crippen LogP contribution in [0.3, 0.4) is 0 Å². The lowest BCUT2D eigenvalue weighted by Gasteiger charge is -2.16. The smallest absolute Gasteiger partial charge is 0.351 e. The fourth-order valence-corrected chi connectivity index (χ4v) is 3.73. The number of hydrogen-bond donors (Lipinski definition) is 2. The number of carbonyl (C=O) groups excluding carboxylic acids is 2. The number of aromatic nitrogens is 2. The molecular formula is C25H25N3O7. The minimum Gasteiger partial charge on any atom is -0.482 e. The van der Waals surface area contributed by atoms with Gasteiger partial charge in [-0.2, -0.15) is 4.98 Å². The summed E-state index contributed by atoms with van der Waals surface area (Å²) < 4.78 is 17.8. The van der Waals surface area contributed by atoms with Crippen LogP contribution in [0.4, 0.5) is 5.82 Å². The van der Waals surface area contributed by atoms with E-state index in [-0.39, 0.29) is 24.8 Å². The van der Waals surface area contributed by atoms with E-state index < -0.39 is 36.7 Å². The van der Waals surface area contributed by atoms with E-state index in [4.69, 9.17) is 14.2 Å². The van der Waals surface area contributed by atoms with Crippen molar-refractivity contribution in [2.75, 3.05) is 18.5 Å². The fourth-order valence-electron chi connectivity index (χ4n) is 3.73. The Morgan fingerprint density at radius 2 is 1.89 bits per heavy atom. The molecule has 1 aromatic heterocycles. The number of aryl methyl sites for hydroxylation is 1. The number of aliphatic hydroxyl groups is 1. The number of para-hydroxylation sites is 1. The van der Waals surface area contributed by atoms with Gasteiger partial charge in [0.05, 0.1) is 6.61 Å². The summed E-state index contributed by atoms with van der Waals surface area (Å²) in [4.78, 5) is 41.3. The molecule has 35 heavy (non-hydrogen) atoms. The first-order valence-electron chi connectivity index (χ1n) is 11.0. The Balaban J connectivity index is 1.38. The summed E-state index contributed by atoms with van der Waals surface area (Å²) in [6, 6.07) is 17.4. The normalized spacial score (nSPS) is 19.2. The summed E-state index contributed by atoms with van der Waals surface area (Å²) in [6.07, 6.45) is -0.818. The molecule has 2 N–H and O–H groups in total. The maximum Gasteiger partial charge on any atom is 0.351 e. The fraction of sp³-hybridized carbons (Fsp3) is 0.280. The van der Waals surface area contributed by atoms with E-state index in [9.17, 15) is 19.5 Å². The van der Waals surface area contributed by atoms with Crippen LogP contribution < -0.4 is 15.7 Å². The van der Waals surface area contributed by atoms with E-state index in [0.717, 1.165) is 5.56 Å². The number of carbonyl (C=O) groups is 2. The van der Waals surface area contributed by atoms with E-state index in [2.05, 4.69) is 10.3 Å². The van der Waals surface area contributed by atoms with Crippen LogP contribution in [0.15, 0.2) is 71.7 Å². The van der Waals surface area contributed by atoms with Crippen molar-refractivity contribution in [3.8, 4) is 5.75 Å². The predicted octanol–water partition coefficient (Wildman–Crippen LogP) is 2.07. The number of amides is 1. The number of nitrogens with one attached hydrogen (secondary N) is 1. The van der Waals surface area contributed by atoms with Crippen molar-refractivity contribution >= 4 is 17.7 Å². The van der Waals surface area contributed by atoms with Gasteiger partial charge in [0, 0.05) is 18.2 Å². The first-order valence-corrected chi connectivity index (χ1v) is 11.0. The van der Waals surface area contributed by atoms with Gasteiger partial charge in [-0.05, 0) is 36.8 Å². The van der Waals surface area contributed by atoms with Crippen LogP contribution in [-0.4, -0.2) is 52.0 Å². The molecule has 1 amide bonds. The van der Waals surface area contributed by atoms with Crippen molar-refractivity contribution < 1.29 is 28.9 Å². The standard InChI is InChI=1S/C25H25N3O7/c1-16-7-5-6-10-18(16)24(31)26-21-11-12-28(25(32)27-21)22-13-19(20(14-29)34-22)35-23(30)15-33-17-8-3-2-4-9-17/h2-12,19-20,22,29H,13-15H2,1H3,(H,26,27,31,32)/t19-,20+,22+/m0/s1. The lowest BCUT2D eigenvalue weighted by atomic mass is 10.1. The van der Waals surface area contributed by atoms with Crippen molar-refractivity contribution in [3.63, 3.8) is 0 Å². The van der Waals surface area contributed by atoms with Gasteiger partial charge in [0.1, 0.15) is 30.0 Å². The lowest BCUT2D eigenvalue weighted by Crippen LogP contribution is -2.31. The van der Waals surface area contributed by atoms with Gasteiger partial charge in [-0.15, -0.1) is 0 Å². The Hall–Kier alpha value is -4.02. The van der Waals surface area contributed by atoms with Crippen LogP contribution in [-0.2, 0) is 14.3 Å². The van der Waals surface area contributed by atoms with Crippen molar-refractivity contribution in [2.45, 2.75) is 31.8 Å². The van der Waals surface area contributed by atoms with Crippen molar-refractivity contribution in [1.29, 1.82) is 0 Å². The molecule has 4 rings (SSSR count). The highest BCUT2D eigenvalue weighted by Crippen LogP contribution is 2.30. The van der Waals surface area contributed by atoms with Gasteiger partial charge in [-0.3, -0.25) is 9.36 Å². The number of rotatable bonds is 8. The molecule has 182 valence electrons. The SMILES string of the molecule is Cc1ccccc1C(=O)Nc1ccn([C@H]2C[C@H](OC(=O)COc3ccccc3)[C@@H](CO)O2)c(=O)n1. The molecule has 1 saturated heterocycles. The molecule has 2 heterocycles. The first-order chi connectivity index (χ1) is 16.9. The Labute approximate surface area is 201 Å². The first kappa shape index (κ1) is 24.1. The number of benzene rings is 2. The van der Waals surface area contributed by atoms with Gasteiger partial charge < -0.3 is 24.6 Å². The summed E-state index contributed by atoms with van der Waals surface area (Å²) in [5, 5.41) is 12.3. The van der Waals surface area contributed by atoms with E-state index in [1.807, 2.05) is 25.1 Å². The molecule has 1 aliphatic rings. The molecule has 3 aromatic rings. The third-order valence-corrected chi connectivity index (χ3v) is 5.51. The second-order valence-electron chi connectivity index (χ2n) is 7.95. The molecule has 0 aliphatic carbocycles. The molecule has 10 heteroatoms. The number of hydrogen-bond acceptors (Lipinski definition) is 8. The highest BCUT2D eigenvalue weighted by molar-refractivity contribution is 6.04. The maximum absolute atomic E-state index is 12.6. The lowest BCUT2D eigenvalue weighted by molar-refractivity contribution is -0.155. The molecule has 10 nitrogen and oxygen atoms in total. The van der Waals surface area contributed by atoms with Gasteiger partial charge >= 0.3 is 11.7 Å². The van der Waals surface area contributed by atoms with E-state index in [1.165, 1.54) is 16.8 Å². The summed E-state index contributed by atoms with van der Waals surface area (Å²) in [5.74, 6) is -0.385. The van der Waals surface area contributed by atoms with Gasteiger partial charge in [0.2, 0.25) is 0 Å². The van der Waals surface area contributed by atoms with Crippen molar-refractivity contribution in [2.24, 2.45) is 0 Å². The molecule has 2 aromatic carbocycles. The average molecular weight is 479 g/mol. The molecule has 0 radical (unpaired) electrons. The van der Waals surface area contributed by atoms with Crippen molar-refractivity contribution in [3.05, 3.63) is 88.5 Å². The molecule has 1 fully saturated rings. The minimum atomic E-state index is -0.812. The largest absolute Gasteiger partial charge is 0.482 e. The van der Waals surface area contributed by atoms with Gasteiger partial charge in [-0.1, -0.05) is 36.4 Å². The van der Waals surface area contributed by atoms with Gasteiger partial charge in [0.15, 0.2) is 6.61 Å². The minimum absolute atomic E-state index is 0.0947. The highest BCUT2D eigenvalue weighted by Gasteiger charge is 2.39.